The Bertz CT molecular complexity index is 637. The molecule has 0 saturated heterocycles. The van der Waals surface area contributed by atoms with Gasteiger partial charge in [0.2, 0.25) is 5.91 Å². The Morgan fingerprint density at radius 3 is 2.48 bits per heavy atom. The smallest absolute Gasteiger partial charge is 0.241 e. The van der Waals surface area contributed by atoms with Crippen LogP contribution in [0.1, 0.15) is 12.5 Å². The molecule has 0 spiro atoms. The molecule has 1 aromatic heterocycles. The number of carbonyl (C=O) groups is 1. The van der Waals surface area contributed by atoms with Crippen LogP contribution in [0.15, 0.2) is 59.9 Å². The van der Waals surface area contributed by atoms with E-state index in [4.69, 9.17) is 0 Å². The zero-order chi connectivity index (χ0) is 17.7. The molecule has 0 radical (unpaired) electrons. The van der Waals surface area contributed by atoms with Gasteiger partial charge in [-0.15, -0.1) is 0 Å². The zero-order valence-electron chi connectivity index (χ0n) is 14.7. The highest BCUT2D eigenvalue weighted by Crippen LogP contribution is 1.98. The monoisotopic (exact) mass is 341 g/mol. The summed E-state index contributed by atoms with van der Waals surface area (Å²) in [5.74, 6) is 0.589. The summed E-state index contributed by atoms with van der Waals surface area (Å²) in [6.45, 7) is 5.09. The number of aliphatic imine (C=N–C) groups is 1. The molecule has 0 aliphatic carbocycles. The molecule has 0 aliphatic rings. The van der Waals surface area contributed by atoms with Crippen molar-refractivity contribution in [1.29, 1.82) is 0 Å². The van der Waals surface area contributed by atoms with Gasteiger partial charge in [0, 0.05) is 38.6 Å². The van der Waals surface area contributed by atoms with Crippen molar-refractivity contribution in [1.82, 2.24) is 20.5 Å². The van der Waals surface area contributed by atoms with E-state index in [1.54, 1.807) is 0 Å². The first-order valence-corrected chi connectivity index (χ1v) is 8.71. The molecule has 1 heterocycles. The summed E-state index contributed by atoms with van der Waals surface area (Å²) >= 11 is 0. The Hall–Kier alpha value is -2.76. The minimum Gasteiger partial charge on any atom is -0.357 e. The maximum atomic E-state index is 11.9. The van der Waals surface area contributed by atoms with Crippen molar-refractivity contribution in [3.05, 3.63) is 60.4 Å². The SMILES string of the molecule is CCNC(=NCC(=O)NCCc1ccccc1)NCCn1cccc1. The summed E-state index contributed by atoms with van der Waals surface area (Å²) < 4.78 is 2.09. The molecule has 2 rings (SSSR count). The molecule has 0 atom stereocenters. The molecular formula is C19H27N5O. The van der Waals surface area contributed by atoms with Crippen LogP contribution in [0.2, 0.25) is 0 Å². The maximum Gasteiger partial charge on any atom is 0.241 e. The number of guanidine groups is 1. The first kappa shape index (κ1) is 18.6. The minimum absolute atomic E-state index is 0.0708. The van der Waals surface area contributed by atoms with Gasteiger partial charge in [0.1, 0.15) is 6.54 Å². The second kappa shape index (κ2) is 10.9. The molecular weight excluding hydrogens is 314 g/mol. The molecule has 134 valence electrons. The fourth-order valence-corrected chi connectivity index (χ4v) is 2.36. The number of nitrogens with one attached hydrogen (secondary N) is 3. The number of amides is 1. The van der Waals surface area contributed by atoms with E-state index in [1.807, 2.05) is 49.6 Å². The molecule has 0 bridgehead atoms. The van der Waals surface area contributed by atoms with E-state index >= 15 is 0 Å². The van der Waals surface area contributed by atoms with Gasteiger partial charge in [-0.05, 0) is 31.0 Å². The summed E-state index contributed by atoms with van der Waals surface area (Å²) in [6.07, 6.45) is 4.86. The molecule has 2 aromatic rings. The van der Waals surface area contributed by atoms with E-state index in [-0.39, 0.29) is 12.5 Å². The molecule has 0 aliphatic heterocycles. The first-order chi connectivity index (χ1) is 12.3. The molecule has 25 heavy (non-hydrogen) atoms. The first-order valence-electron chi connectivity index (χ1n) is 8.71. The number of benzene rings is 1. The molecule has 0 fully saturated rings. The highest BCUT2D eigenvalue weighted by atomic mass is 16.1. The lowest BCUT2D eigenvalue weighted by Gasteiger charge is -2.11. The van der Waals surface area contributed by atoms with Gasteiger partial charge in [0.25, 0.3) is 0 Å². The highest BCUT2D eigenvalue weighted by Gasteiger charge is 2.02. The van der Waals surface area contributed by atoms with Crippen LogP contribution in [0.5, 0.6) is 0 Å². The van der Waals surface area contributed by atoms with Crippen molar-refractivity contribution in [3.63, 3.8) is 0 Å². The molecule has 6 nitrogen and oxygen atoms in total. The van der Waals surface area contributed by atoms with Gasteiger partial charge < -0.3 is 20.5 Å². The average Bonchev–Trinajstić information content (AvgIpc) is 3.14. The molecule has 0 saturated carbocycles. The lowest BCUT2D eigenvalue weighted by Crippen LogP contribution is -2.40. The summed E-state index contributed by atoms with van der Waals surface area (Å²) in [5, 5.41) is 9.29. The lowest BCUT2D eigenvalue weighted by molar-refractivity contribution is -0.119. The number of hydrogen-bond acceptors (Lipinski definition) is 2. The Morgan fingerprint density at radius 2 is 1.76 bits per heavy atom. The quantitative estimate of drug-likeness (QED) is 0.477. The van der Waals surface area contributed by atoms with Crippen LogP contribution < -0.4 is 16.0 Å². The van der Waals surface area contributed by atoms with E-state index < -0.39 is 0 Å². The Kier molecular flexibility index (Phi) is 8.11. The van der Waals surface area contributed by atoms with Crippen LogP contribution in [0, 0.1) is 0 Å². The van der Waals surface area contributed by atoms with E-state index in [0.717, 1.165) is 26.1 Å². The fourth-order valence-electron chi connectivity index (χ4n) is 2.36. The molecule has 1 aromatic carbocycles. The van der Waals surface area contributed by atoms with E-state index in [9.17, 15) is 4.79 Å². The number of hydrogen-bond donors (Lipinski definition) is 3. The largest absolute Gasteiger partial charge is 0.357 e. The molecule has 3 N–H and O–H groups in total. The van der Waals surface area contributed by atoms with Gasteiger partial charge in [0.15, 0.2) is 5.96 Å². The minimum atomic E-state index is -0.0708. The fraction of sp³-hybridized carbons (Fsp3) is 0.368. The summed E-state index contributed by atoms with van der Waals surface area (Å²) in [5.41, 5.74) is 1.21. The number of nitrogens with zero attached hydrogens (tertiary/aromatic N) is 2. The van der Waals surface area contributed by atoms with Gasteiger partial charge in [-0.3, -0.25) is 4.79 Å². The summed E-state index contributed by atoms with van der Waals surface area (Å²) in [7, 11) is 0. The van der Waals surface area contributed by atoms with Gasteiger partial charge in [-0.1, -0.05) is 30.3 Å². The van der Waals surface area contributed by atoms with Crippen LogP contribution >= 0.6 is 0 Å². The standard InChI is InChI=1S/C19H27N5O/c1-2-20-19(22-12-15-24-13-6-7-14-24)23-16-18(25)21-11-10-17-8-4-3-5-9-17/h3-9,13-14H,2,10-12,15-16H2,1H3,(H,21,25)(H2,20,22,23). The van der Waals surface area contributed by atoms with Gasteiger partial charge in [0.05, 0.1) is 0 Å². The predicted molar refractivity (Wildman–Crippen MR) is 102 cm³/mol. The van der Waals surface area contributed by atoms with Crippen molar-refractivity contribution >= 4 is 11.9 Å². The Morgan fingerprint density at radius 1 is 1.00 bits per heavy atom. The van der Waals surface area contributed by atoms with E-state index in [1.165, 1.54) is 5.56 Å². The van der Waals surface area contributed by atoms with Crippen LogP contribution in [0.25, 0.3) is 0 Å². The zero-order valence-corrected chi connectivity index (χ0v) is 14.7. The molecule has 0 unspecified atom stereocenters. The Labute approximate surface area is 149 Å². The van der Waals surface area contributed by atoms with Crippen molar-refractivity contribution in [3.8, 4) is 0 Å². The highest BCUT2D eigenvalue weighted by molar-refractivity contribution is 5.84. The third-order valence-corrected chi connectivity index (χ3v) is 3.63. The third kappa shape index (κ3) is 7.56. The van der Waals surface area contributed by atoms with E-state index in [2.05, 4.69) is 37.6 Å². The van der Waals surface area contributed by atoms with Crippen LogP contribution in [-0.2, 0) is 17.8 Å². The van der Waals surface area contributed by atoms with Gasteiger partial charge >= 0.3 is 0 Å². The topological polar surface area (TPSA) is 70.4 Å². The molecule has 1 amide bonds. The normalized spacial score (nSPS) is 11.2. The van der Waals surface area contributed by atoms with Crippen LogP contribution in [0.4, 0.5) is 0 Å². The number of carbonyl (C=O) groups excluding carboxylic acids is 1. The predicted octanol–water partition coefficient (Wildman–Crippen LogP) is 1.40. The number of aromatic nitrogens is 1. The van der Waals surface area contributed by atoms with Crippen LogP contribution in [0.3, 0.4) is 0 Å². The van der Waals surface area contributed by atoms with Gasteiger partial charge in [-0.25, -0.2) is 4.99 Å². The molecule has 6 heteroatoms. The van der Waals surface area contributed by atoms with Crippen molar-refractivity contribution in [2.75, 3.05) is 26.2 Å². The second-order valence-electron chi connectivity index (χ2n) is 5.63. The average molecular weight is 341 g/mol. The summed E-state index contributed by atoms with van der Waals surface area (Å²) in [4.78, 5) is 16.3. The lowest BCUT2D eigenvalue weighted by atomic mass is 10.1. The summed E-state index contributed by atoms with van der Waals surface area (Å²) in [6, 6.07) is 14.1. The van der Waals surface area contributed by atoms with Crippen molar-refractivity contribution < 1.29 is 4.79 Å². The van der Waals surface area contributed by atoms with Crippen LogP contribution in [-0.4, -0.2) is 42.6 Å². The van der Waals surface area contributed by atoms with Crippen molar-refractivity contribution in [2.24, 2.45) is 4.99 Å². The Balaban J connectivity index is 1.68. The van der Waals surface area contributed by atoms with Gasteiger partial charge in [-0.2, -0.15) is 0 Å². The number of rotatable bonds is 9. The van der Waals surface area contributed by atoms with E-state index in [0.29, 0.717) is 12.5 Å². The maximum absolute atomic E-state index is 11.9. The third-order valence-electron chi connectivity index (χ3n) is 3.63. The van der Waals surface area contributed by atoms with Crippen molar-refractivity contribution in [2.45, 2.75) is 19.9 Å². The second-order valence-corrected chi connectivity index (χ2v) is 5.63.